The van der Waals surface area contributed by atoms with Crippen molar-refractivity contribution in [3.63, 3.8) is 0 Å². The van der Waals surface area contributed by atoms with Gasteiger partial charge in [0.1, 0.15) is 5.75 Å². The van der Waals surface area contributed by atoms with Gasteiger partial charge in [-0.3, -0.25) is 4.79 Å². The highest BCUT2D eigenvalue weighted by molar-refractivity contribution is 5.48. The minimum Gasteiger partial charge on any atom is -0.497 e. The highest BCUT2D eigenvalue weighted by Gasteiger charge is 2.09. The van der Waals surface area contributed by atoms with Gasteiger partial charge >= 0.3 is 0 Å². The minimum atomic E-state index is 0.0719. The zero-order valence-corrected chi connectivity index (χ0v) is 8.73. The number of benzene rings is 1. The quantitative estimate of drug-likeness (QED) is 0.683. The van der Waals surface area contributed by atoms with Gasteiger partial charge < -0.3 is 9.64 Å². The zero-order valence-electron chi connectivity index (χ0n) is 8.73. The van der Waals surface area contributed by atoms with Gasteiger partial charge in [-0.15, -0.1) is 0 Å². The molecule has 0 spiro atoms. The van der Waals surface area contributed by atoms with Gasteiger partial charge in [0, 0.05) is 7.05 Å². The normalized spacial score (nSPS) is 11.9. The van der Waals surface area contributed by atoms with Crippen LogP contribution in [0.15, 0.2) is 24.3 Å². The van der Waals surface area contributed by atoms with Crippen LogP contribution < -0.4 is 4.74 Å². The standard InChI is InChI=1S/C11H15NO2/c1-9(12(2)8-13)10-5-4-6-11(7-10)14-3/h4-9H,1-3H3/t9-/m0/s1. The minimum absolute atomic E-state index is 0.0719. The molecule has 0 saturated carbocycles. The van der Waals surface area contributed by atoms with Crippen molar-refractivity contribution in [3.05, 3.63) is 29.8 Å². The van der Waals surface area contributed by atoms with Crippen LogP contribution in [0.1, 0.15) is 18.5 Å². The summed E-state index contributed by atoms with van der Waals surface area (Å²) in [5.74, 6) is 0.814. The number of ether oxygens (including phenoxy) is 1. The molecule has 1 amide bonds. The topological polar surface area (TPSA) is 29.5 Å². The third kappa shape index (κ3) is 2.25. The van der Waals surface area contributed by atoms with E-state index in [1.54, 1.807) is 19.1 Å². The van der Waals surface area contributed by atoms with Gasteiger partial charge in [-0.2, -0.15) is 0 Å². The molecule has 3 heteroatoms. The molecule has 0 radical (unpaired) electrons. The Hall–Kier alpha value is -1.51. The van der Waals surface area contributed by atoms with Crippen molar-refractivity contribution >= 4 is 6.41 Å². The lowest BCUT2D eigenvalue weighted by Crippen LogP contribution is -2.20. The lowest BCUT2D eigenvalue weighted by atomic mass is 10.1. The molecule has 0 fully saturated rings. The van der Waals surface area contributed by atoms with E-state index in [4.69, 9.17) is 4.74 Å². The molecule has 1 atom stereocenters. The van der Waals surface area contributed by atoms with Crippen LogP contribution in [0.5, 0.6) is 5.75 Å². The highest BCUT2D eigenvalue weighted by atomic mass is 16.5. The van der Waals surface area contributed by atoms with Crippen molar-refractivity contribution in [2.45, 2.75) is 13.0 Å². The molecule has 1 aromatic rings. The van der Waals surface area contributed by atoms with Crippen molar-refractivity contribution in [1.82, 2.24) is 4.90 Å². The molecule has 0 aliphatic heterocycles. The maximum absolute atomic E-state index is 10.6. The Morgan fingerprint density at radius 3 is 2.79 bits per heavy atom. The largest absolute Gasteiger partial charge is 0.497 e. The Morgan fingerprint density at radius 2 is 2.21 bits per heavy atom. The molecule has 1 aromatic carbocycles. The molecule has 3 nitrogen and oxygen atoms in total. The number of hydrogen-bond donors (Lipinski definition) is 0. The van der Waals surface area contributed by atoms with E-state index >= 15 is 0 Å². The molecule has 0 bridgehead atoms. The Bertz CT molecular complexity index is 312. The van der Waals surface area contributed by atoms with Crippen LogP contribution in [0.2, 0.25) is 0 Å². The van der Waals surface area contributed by atoms with Crippen LogP contribution in [0.25, 0.3) is 0 Å². The molecule has 76 valence electrons. The van der Waals surface area contributed by atoms with Crippen molar-refractivity contribution in [2.24, 2.45) is 0 Å². The molecule has 0 unspecified atom stereocenters. The fourth-order valence-electron chi connectivity index (χ4n) is 1.23. The van der Waals surface area contributed by atoms with Gasteiger partial charge in [-0.1, -0.05) is 12.1 Å². The lowest BCUT2D eigenvalue weighted by molar-refractivity contribution is -0.118. The van der Waals surface area contributed by atoms with Crippen molar-refractivity contribution in [2.75, 3.05) is 14.2 Å². The number of nitrogens with zero attached hydrogens (tertiary/aromatic N) is 1. The number of carbonyl (C=O) groups excluding carboxylic acids is 1. The summed E-state index contributed by atoms with van der Waals surface area (Å²) in [6, 6.07) is 7.79. The van der Waals surface area contributed by atoms with Crippen LogP contribution in [0.3, 0.4) is 0 Å². The molecule has 14 heavy (non-hydrogen) atoms. The summed E-state index contributed by atoms with van der Waals surface area (Å²) in [5.41, 5.74) is 1.07. The van der Waals surface area contributed by atoms with E-state index in [1.165, 1.54) is 0 Å². The van der Waals surface area contributed by atoms with Gasteiger partial charge in [-0.05, 0) is 24.6 Å². The first-order valence-electron chi connectivity index (χ1n) is 4.50. The molecule has 0 N–H and O–H groups in total. The SMILES string of the molecule is COc1cccc([C@H](C)N(C)C=O)c1. The summed E-state index contributed by atoms with van der Waals surface area (Å²) < 4.78 is 5.11. The van der Waals surface area contributed by atoms with Crippen LogP contribution in [0, 0.1) is 0 Å². The molecule has 1 rings (SSSR count). The van der Waals surface area contributed by atoms with Gasteiger partial charge in [0.15, 0.2) is 0 Å². The smallest absolute Gasteiger partial charge is 0.209 e. The fourth-order valence-corrected chi connectivity index (χ4v) is 1.23. The first-order valence-corrected chi connectivity index (χ1v) is 4.50. The Balaban J connectivity index is 2.89. The summed E-state index contributed by atoms with van der Waals surface area (Å²) in [6.45, 7) is 1.98. The molecular formula is C11H15NO2. The molecule has 0 aliphatic rings. The summed E-state index contributed by atoms with van der Waals surface area (Å²) >= 11 is 0. The van der Waals surface area contributed by atoms with E-state index in [0.29, 0.717) is 0 Å². The predicted molar refractivity (Wildman–Crippen MR) is 55.2 cm³/mol. The first kappa shape index (κ1) is 10.6. The van der Waals surface area contributed by atoms with Crippen LogP contribution in [-0.2, 0) is 4.79 Å². The van der Waals surface area contributed by atoms with Crippen LogP contribution in [0.4, 0.5) is 0 Å². The lowest BCUT2D eigenvalue weighted by Gasteiger charge is -2.20. The van der Waals surface area contributed by atoms with E-state index in [-0.39, 0.29) is 6.04 Å². The second-order valence-electron chi connectivity index (χ2n) is 3.22. The van der Waals surface area contributed by atoms with Crippen LogP contribution >= 0.6 is 0 Å². The van der Waals surface area contributed by atoms with Crippen molar-refractivity contribution < 1.29 is 9.53 Å². The Kier molecular flexibility index (Phi) is 3.51. The van der Waals surface area contributed by atoms with Gasteiger partial charge in [-0.25, -0.2) is 0 Å². The third-order valence-corrected chi connectivity index (χ3v) is 2.35. The number of methoxy groups -OCH3 is 1. The predicted octanol–water partition coefficient (Wildman–Crippen LogP) is 1.84. The Morgan fingerprint density at radius 1 is 1.50 bits per heavy atom. The molecule has 0 aromatic heterocycles. The maximum Gasteiger partial charge on any atom is 0.209 e. The average molecular weight is 193 g/mol. The number of rotatable bonds is 4. The second kappa shape index (κ2) is 4.65. The van der Waals surface area contributed by atoms with E-state index in [0.717, 1.165) is 17.7 Å². The van der Waals surface area contributed by atoms with Gasteiger partial charge in [0.2, 0.25) is 6.41 Å². The fraction of sp³-hybridized carbons (Fsp3) is 0.364. The highest BCUT2D eigenvalue weighted by Crippen LogP contribution is 2.21. The van der Waals surface area contributed by atoms with E-state index in [2.05, 4.69) is 0 Å². The molecule has 0 aliphatic carbocycles. The number of hydrogen-bond acceptors (Lipinski definition) is 2. The Labute approximate surface area is 84.3 Å². The maximum atomic E-state index is 10.6. The van der Waals surface area contributed by atoms with E-state index < -0.39 is 0 Å². The summed E-state index contributed by atoms with van der Waals surface area (Å²) in [4.78, 5) is 12.2. The van der Waals surface area contributed by atoms with Crippen LogP contribution in [-0.4, -0.2) is 25.5 Å². The average Bonchev–Trinajstić information content (AvgIpc) is 2.27. The molecular weight excluding hydrogens is 178 g/mol. The molecule has 0 saturated heterocycles. The third-order valence-electron chi connectivity index (χ3n) is 2.35. The second-order valence-corrected chi connectivity index (χ2v) is 3.22. The first-order chi connectivity index (χ1) is 6.69. The summed E-state index contributed by atoms with van der Waals surface area (Å²) in [5, 5.41) is 0. The number of carbonyl (C=O) groups is 1. The summed E-state index contributed by atoms with van der Waals surface area (Å²) in [7, 11) is 3.39. The van der Waals surface area contributed by atoms with E-state index in [9.17, 15) is 4.79 Å². The number of amides is 1. The van der Waals surface area contributed by atoms with Crippen molar-refractivity contribution in [3.8, 4) is 5.75 Å². The van der Waals surface area contributed by atoms with Gasteiger partial charge in [0.25, 0.3) is 0 Å². The molecule has 0 heterocycles. The van der Waals surface area contributed by atoms with Gasteiger partial charge in [0.05, 0.1) is 13.2 Å². The zero-order chi connectivity index (χ0) is 10.6. The van der Waals surface area contributed by atoms with E-state index in [1.807, 2.05) is 31.2 Å². The summed E-state index contributed by atoms with van der Waals surface area (Å²) in [6.07, 6.45) is 0.824. The van der Waals surface area contributed by atoms with Crippen molar-refractivity contribution in [1.29, 1.82) is 0 Å². The monoisotopic (exact) mass is 193 g/mol.